The summed E-state index contributed by atoms with van der Waals surface area (Å²) < 4.78 is 10.6. The maximum atomic E-state index is 11.6. The van der Waals surface area contributed by atoms with E-state index in [2.05, 4.69) is 22.5 Å². The molecule has 6 nitrogen and oxygen atoms in total. The van der Waals surface area contributed by atoms with E-state index in [1.165, 1.54) is 0 Å². The van der Waals surface area contributed by atoms with Crippen molar-refractivity contribution in [2.45, 2.75) is 26.0 Å². The van der Waals surface area contributed by atoms with Crippen LogP contribution in [0.4, 0.5) is 0 Å². The zero-order valence-corrected chi connectivity index (χ0v) is 12.3. The zero-order chi connectivity index (χ0) is 14.1. The van der Waals surface area contributed by atoms with Crippen LogP contribution in [0.25, 0.3) is 0 Å². The second-order valence-corrected chi connectivity index (χ2v) is 4.94. The highest BCUT2D eigenvalue weighted by molar-refractivity contribution is 5.78. The Morgan fingerprint density at radius 2 is 2.37 bits per heavy atom. The Morgan fingerprint density at radius 3 is 3.05 bits per heavy atom. The van der Waals surface area contributed by atoms with Gasteiger partial charge in [0.05, 0.1) is 25.9 Å². The third kappa shape index (κ3) is 6.87. The van der Waals surface area contributed by atoms with Crippen molar-refractivity contribution in [3.8, 4) is 0 Å². The van der Waals surface area contributed by atoms with Gasteiger partial charge in [-0.05, 0) is 13.5 Å². The van der Waals surface area contributed by atoms with Crippen molar-refractivity contribution in [1.29, 1.82) is 0 Å². The van der Waals surface area contributed by atoms with Crippen molar-refractivity contribution in [3.05, 3.63) is 0 Å². The molecule has 0 saturated carbocycles. The number of morpholine rings is 1. The van der Waals surface area contributed by atoms with E-state index >= 15 is 0 Å². The first-order valence-corrected chi connectivity index (χ1v) is 6.98. The molecule has 0 aliphatic carbocycles. The molecule has 0 aromatic heterocycles. The average molecular weight is 273 g/mol. The smallest absolute Gasteiger partial charge is 0.234 e. The number of likely N-dealkylation sites (N-methyl/N-ethyl adjacent to an activating group) is 1. The molecule has 2 atom stereocenters. The molecule has 1 rings (SSSR count). The Morgan fingerprint density at radius 1 is 1.58 bits per heavy atom. The molecule has 1 amide bonds. The van der Waals surface area contributed by atoms with Crippen LogP contribution in [0.5, 0.6) is 0 Å². The number of nitrogens with zero attached hydrogens (tertiary/aromatic N) is 1. The van der Waals surface area contributed by atoms with Crippen molar-refractivity contribution in [2.24, 2.45) is 0 Å². The number of methoxy groups -OCH3 is 1. The van der Waals surface area contributed by atoms with Crippen LogP contribution >= 0.6 is 0 Å². The Hall–Kier alpha value is -0.690. The minimum atomic E-state index is -0.00675. The Balaban J connectivity index is 2.10. The second-order valence-electron chi connectivity index (χ2n) is 4.94. The summed E-state index contributed by atoms with van der Waals surface area (Å²) in [5, 5.41) is 6.00. The predicted molar refractivity (Wildman–Crippen MR) is 74.2 cm³/mol. The van der Waals surface area contributed by atoms with Gasteiger partial charge in [-0.15, -0.1) is 0 Å². The summed E-state index contributed by atoms with van der Waals surface area (Å²) >= 11 is 0. The van der Waals surface area contributed by atoms with Gasteiger partial charge in [0.1, 0.15) is 0 Å². The quantitative estimate of drug-likeness (QED) is 0.621. The van der Waals surface area contributed by atoms with E-state index in [0.717, 1.165) is 26.2 Å². The first kappa shape index (κ1) is 16.4. The topological polar surface area (TPSA) is 62.8 Å². The summed E-state index contributed by atoms with van der Waals surface area (Å²) in [7, 11) is 1.63. The molecule has 2 unspecified atom stereocenters. The van der Waals surface area contributed by atoms with Crippen LogP contribution in [-0.2, 0) is 14.3 Å². The lowest BCUT2D eigenvalue weighted by Gasteiger charge is -2.32. The standard InChI is InChI=1S/C13H27N3O3/c1-4-16-5-6-19-12(9-16)7-14-8-13(17)15-11(2)10-18-3/h11-12,14H,4-10H2,1-3H3,(H,15,17). The third-order valence-electron chi connectivity index (χ3n) is 3.15. The summed E-state index contributed by atoms with van der Waals surface area (Å²) in [6, 6.07) is 0.0424. The van der Waals surface area contributed by atoms with E-state index < -0.39 is 0 Å². The van der Waals surface area contributed by atoms with E-state index in [-0.39, 0.29) is 18.1 Å². The molecular formula is C13H27N3O3. The molecular weight excluding hydrogens is 246 g/mol. The highest BCUT2D eigenvalue weighted by atomic mass is 16.5. The molecule has 1 fully saturated rings. The lowest BCUT2D eigenvalue weighted by molar-refractivity contribution is -0.121. The van der Waals surface area contributed by atoms with Gasteiger partial charge in [-0.25, -0.2) is 0 Å². The molecule has 2 N–H and O–H groups in total. The monoisotopic (exact) mass is 273 g/mol. The van der Waals surface area contributed by atoms with Crippen LogP contribution < -0.4 is 10.6 Å². The van der Waals surface area contributed by atoms with Gasteiger partial charge in [0.2, 0.25) is 5.91 Å². The molecule has 0 aromatic carbocycles. The van der Waals surface area contributed by atoms with E-state index in [1.807, 2.05) is 6.92 Å². The summed E-state index contributed by atoms with van der Waals surface area (Å²) in [6.45, 7) is 9.40. The third-order valence-corrected chi connectivity index (χ3v) is 3.15. The number of rotatable bonds is 8. The minimum absolute atomic E-state index is 0.00675. The Labute approximate surface area is 115 Å². The molecule has 6 heteroatoms. The number of amides is 1. The normalized spacial score (nSPS) is 22.2. The molecule has 112 valence electrons. The molecule has 0 radical (unpaired) electrons. The molecule has 1 heterocycles. The van der Waals surface area contributed by atoms with Gasteiger partial charge in [0.15, 0.2) is 0 Å². The maximum Gasteiger partial charge on any atom is 0.234 e. The van der Waals surface area contributed by atoms with Crippen molar-refractivity contribution >= 4 is 5.91 Å². The van der Waals surface area contributed by atoms with Gasteiger partial charge < -0.3 is 20.1 Å². The highest BCUT2D eigenvalue weighted by Crippen LogP contribution is 2.03. The summed E-state index contributed by atoms with van der Waals surface area (Å²) in [6.07, 6.45) is 0.179. The number of hydrogen-bond donors (Lipinski definition) is 2. The summed E-state index contributed by atoms with van der Waals surface area (Å²) in [5.41, 5.74) is 0. The lowest BCUT2D eigenvalue weighted by atomic mass is 10.2. The number of nitrogens with one attached hydrogen (secondary N) is 2. The minimum Gasteiger partial charge on any atom is -0.383 e. The molecule has 0 spiro atoms. The van der Waals surface area contributed by atoms with Gasteiger partial charge in [-0.2, -0.15) is 0 Å². The van der Waals surface area contributed by atoms with Crippen molar-refractivity contribution in [3.63, 3.8) is 0 Å². The van der Waals surface area contributed by atoms with Crippen LogP contribution in [0.2, 0.25) is 0 Å². The highest BCUT2D eigenvalue weighted by Gasteiger charge is 2.19. The fourth-order valence-corrected chi connectivity index (χ4v) is 2.16. The van der Waals surface area contributed by atoms with Gasteiger partial charge in [-0.3, -0.25) is 9.69 Å². The number of ether oxygens (including phenoxy) is 2. The van der Waals surface area contributed by atoms with E-state index in [1.54, 1.807) is 7.11 Å². The average Bonchev–Trinajstić information content (AvgIpc) is 2.39. The van der Waals surface area contributed by atoms with Crippen LogP contribution in [-0.4, -0.2) is 76.0 Å². The van der Waals surface area contributed by atoms with Crippen molar-refractivity contribution < 1.29 is 14.3 Å². The first-order valence-electron chi connectivity index (χ1n) is 6.98. The predicted octanol–water partition coefficient (Wildman–Crippen LogP) is -0.552. The molecule has 1 saturated heterocycles. The van der Waals surface area contributed by atoms with E-state index in [4.69, 9.17) is 9.47 Å². The second kappa shape index (κ2) is 9.25. The molecule has 0 aromatic rings. The number of carbonyl (C=O) groups is 1. The van der Waals surface area contributed by atoms with E-state index in [0.29, 0.717) is 19.7 Å². The van der Waals surface area contributed by atoms with Crippen molar-refractivity contribution in [1.82, 2.24) is 15.5 Å². The molecule has 1 aliphatic rings. The van der Waals surface area contributed by atoms with Crippen molar-refractivity contribution in [2.75, 3.05) is 53.0 Å². The Kier molecular flexibility index (Phi) is 7.97. The van der Waals surface area contributed by atoms with E-state index in [9.17, 15) is 4.79 Å². The zero-order valence-electron chi connectivity index (χ0n) is 12.3. The van der Waals surface area contributed by atoms with Crippen LogP contribution in [0.3, 0.4) is 0 Å². The SMILES string of the molecule is CCN1CCOC(CNCC(=O)NC(C)COC)C1. The largest absolute Gasteiger partial charge is 0.383 e. The Bertz CT molecular complexity index is 264. The molecule has 1 aliphatic heterocycles. The van der Waals surface area contributed by atoms with Gasteiger partial charge in [-0.1, -0.05) is 6.92 Å². The lowest BCUT2D eigenvalue weighted by Crippen LogP contribution is -2.48. The fraction of sp³-hybridized carbons (Fsp3) is 0.923. The molecule has 0 bridgehead atoms. The summed E-state index contributed by atoms with van der Waals surface area (Å²) in [4.78, 5) is 14.0. The van der Waals surface area contributed by atoms with Crippen LogP contribution in [0.15, 0.2) is 0 Å². The van der Waals surface area contributed by atoms with Gasteiger partial charge in [0, 0.05) is 32.8 Å². The number of carbonyl (C=O) groups excluding carboxylic acids is 1. The van der Waals surface area contributed by atoms with Gasteiger partial charge >= 0.3 is 0 Å². The number of hydrogen-bond acceptors (Lipinski definition) is 5. The molecule has 19 heavy (non-hydrogen) atoms. The van der Waals surface area contributed by atoms with Crippen LogP contribution in [0, 0.1) is 0 Å². The maximum absolute atomic E-state index is 11.6. The first-order chi connectivity index (χ1) is 9.15. The van der Waals surface area contributed by atoms with Crippen LogP contribution in [0.1, 0.15) is 13.8 Å². The van der Waals surface area contributed by atoms with Gasteiger partial charge in [0.25, 0.3) is 0 Å². The fourth-order valence-electron chi connectivity index (χ4n) is 2.16. The summed E-state index contributed by atoms with van der Waals surface area (Å²) in [5.74, 6) is -0.00675.